The zero-order valence-electron chi connectivity index (χ0n) is 14.1. The molecular weight excluding hydrogens is 316 g/mol. The molecule has 4 rings (SSSR count). The van der Waals surface area contributed by atoms with E-state index in [0.717, 1.165) is 37.7 Å². The van der Waals surface area contributed by atoms with Gasteiger partial charge < -0.3 is 15.0 Å². The van der Waals surface area contributed by atoms with E-state index in [4.69, 9.17) is 4.74 Å². The van der Waals surface area contributed by atoms with Crippen LogP contribution < -0.4 is 10.2 Å². The first-order valence-electron chi connectivity index (χ1n) is 8.84. The number of ether oxygens (including phenoxy) is 1. The Balaban J connectivity index is 1.43. The van der Waals surface area contributed by atoms with E-state index < -0.39 is 0 Å². The van der Waals surface area contributed by atoms with E-state index in [9.17, 15) is 4.79 Å². The van der Waals surface area contributed by atoms with E-state index in [2.05, 4.69) is 20.4 Å². The molecule has 1 amide bonds. The zero-order chi connectivity index (χ0) is 17.1. The van der Waals surface area contributed by atoms with Crippen LogP contribution in [-0.4, -0.2) is 41.9 Å². The average Bonchev–Trinajstić information content (AvgIpc) is 3.36. The van der Waals surface area contributed by atoms with Gasteiger partial charge >= 0.3 is 0 Å². The van der Waals surface area contributed by atoms with Gasteiger partial charge in [0.1, 0.15) is 0 Å². The lowest BCUT2D eigenvalue weighted by Gasteiger charge is -2.25. The Kier molecular flexibility index (Phi) is 4.61. The van der Waals surface area contributed by atoms with Gasteiger partial charge in [-0.3, -0.25) is 4.79 Å². The maximum atomic E-state index is 12.3. The minimum absolute atomic E-state index is 0.243. The lowest BCUT2D eigenvalue weighted by atomic mass is 10.1. The van der Waals surface area contributed by atoms with Gasteiger partial charge in [-0.05, 0) is 43.5 Å². The number of amides is 1. The van der Waals surface area contributed by atoms with Gasteiger partial charge in [0, 0.05) is 30.8 Å². The highest BCUT2D eigenvalue weighted by molar-refractivity contribution is 6.02. The molecular formula is C19H22N4O2. The van der Waals surface area contributed by atoms with Crippen molar-refractivity contribution in [2.24, 2.45) is 5.92 Å². The van der Waals surface area contributed by atoms with Crippen molar-refractivity contribution in [3.05, 3.63) is 48.2 Å². The Morgan fingerprint density at radius 1 is 1.12 bits per heavy atom. The van der Waals surface area contributed by atoms with E-state index in [-0.39, 0.29) is 5.91 Å². The summed E-state index contributed by atoms with van der Waals surface area (Å²) in [5.41, 5.74) is 1.08. The zero-order valence-corrected chi connectivity index (χ0v) is 14.1. The Morgan fingerprint density at radius 2 is 1.96 bits per heavy atom. The molecule has 130 valence electrons. The molecule has 1 saturated heterocycles. The average molecular weight is 338 g/mol. The van der Waals surface area contributed by atoms with Crippen molar-refractivity contribution < 1.29 is 9.53 Å². The number of rotatable bonds is 6. The topological polar surface area (TPSA) is 67.4 Å². The Hall–Kier alpha value is -2.47. The molecule has 2 fully saturated rings. The van der Waals surface area contributed by atoms with Crippen LogP contribution in [0.4, 0.5) is 11.5 Å². The van der Waals surface area contributed by atoms with Crippen LogP contribution in [-0.2, 0) is 4.74 Å². The van der Waals surface area contributed by atoms with Crippen molar-refractivity contribution in [2.75, 3.05) is 30.0 Å². The van der Waals surface area contributed by atoms with Crippen LogP contribution in [0.1, 0.15) is 29.8 Å². The van der Waals surface area contributed by atoms with E-state index in [1.807, 2.05) is 36.4 Å². The smallest absolute Gasteiger partial charge is 0.276 e. The highest BCUT2D eigenvalue weighted by atomic mass is 16.5. The van der Waals surface area contributed by atoms with Crippen LogP contribution in [0.3, 0.4) is 0 Å². The van der Waals surface area contributed by atoms with E-state index in [0.29, 0.717) is 17.7 Å². The van der Waals surface area contributed by atoms with Gasteiger partial charge in [-0.1, -0.05) is 18.2 Å². The summed E-state index contributed by atoms with van der Waals surface area (Å²) in [6, 6.07) is 13.6. The van der Waals surface area contributed by atoms with Crippen LogP contribution in [0.2, 0.25) is 0 Å². The number of nitrogens with zero attached hydrogens (tertiary/aromatic N) is 3. The predicted octanol–water partition coefficient (Wildman–Crippen LogP) is 2.73. The van der Waals surface area contributed by atoms with Crippen LogP contribution in [0, 0.1) is 5.92 Å². The van der Waals surface area contributed by atoms with Crippen LogP contribution >= 0.6 is 0 Å². The molecule has 1 atom stereocenters. The molecule has 2 aliphatic rings. The van der Waals surface area contributed by atoms with E-state index in [1.165, 1.54) is 12.8 Å². The highest BCUT2D eigenvalue weighted by Crippen LogP contribution is 2.32. The van der Waals surface area contributed by atoms with Crippen molar-refractivity contribution in [1.29, 1.82) is 0 Å². The predicted molar refractivity (Wildman–Crippen MR) is 95.7 cm³/mol. The Bertz CT molecular complexity index is 710. The maximum Gasteiger partial charge on any atom is 0.276 e. The molecule has 25 heavy (non-hydrogen) atoms. The summed E-state index contributed by atoms with van der Waals surface area (Å²) in [6.45, 7) is 2.64. The fourth-order valence-corrected chi connectivity index (χ4v) is 3.14. The molecule has 0 radical (unpaired) electrons. The molecule has 1 aliphatic heterocycles. The van der Waals surface area contributed by atoms with E-state index >= 15 is 0 Å². The quantitative estimate of drug-likeness (QED) is 0.877. The summed E-state index contributed by atoms with van der Waals surface area (Å²) in [4.78, 5) is 14.6. The number of aromatic nitrogens is 2. The number of para-hydroxylation sites is 1. The first-order valence-corrected chi connectivity index (χ1v) is 8.84. The van der Waals surface area contributed by atoms with Crippen molar-refractivity contribution >= 4 is 17.4 Å². The molecule has 1 unspecified atom stereocenters. The minimum Gasteiger partial charge on any atom is -0.381 e. The van der Waals surface area contributed by atoms with Gasteiger partial charge in [-0.25, -0.2) is 0 Å². The molecule has 1 aromatic heterocycles. The molecule has 0 bridgehead atoms. The fraction of sp³-hybridized carbons (Fsp3) is 0.421. The number of benzene rings is 1. The number of carbonyl (C=O) groups excluding carboxylic acids is 1. The molecule has 6 nitrogen and oxygen atoms in total. The minimum atomic E-state index is -0.243. The van der Waals surface area contributed by atoms with Crippen LogP contribution in [0.5, 0.6) is 0 Å². The van der Waals surface area contributed by atoms with Crippen molar-refractivity contribution in [3.63, 3.8) is 0 Å². The number of carbonyl (C=O) groups is 1. The lowest BCUT2D eigenvalue weighted by Crippen LogP contribution is -2.33. The van der Waals surface area contributed by atoms with Crippen molar-refractivity contribution in [1.82, 2.24) is 10.2 Å². The summed E-state index contributed by atoms with van der Waals surface area (Å²) in [5.74, 6) is 1.17. The van der Waals surface area contributed by atoms with Gasteiger partial charge in [0.2, 0.25) is 0 Å². The molecule has 1 saturated carbocycles. The number of anilines is 2. The summed E-state index contributed by atoms with van der Waals surface area (Å²) in [6.07, 6.45) is 3.51. The third kappa shape index (κ3) is 3.96. The van der Waals surface area contributed by atoms with Gasteiger partial charge in [0.15, 0.2) is 11.5 Å². The standard InChI is InChI=1S/C19H22N4O2/c24-19(20-15-4-2-1-3-5-15)17-8-9-18(22-21-17)23(16-6-7-16)12-14-10-11-25-13-14/h1-5,8-9,14,16H,6-7,10-13H2,(H,20,24). The summed E-state index contributed by atoms with van der Waals surface area (Å²) in [7, 11) is 0. The maximum absolute atomic E-state index is 12.3. The molecule has 1 aromatic carbocycles. The molecule has 1 N–H and O–H groups in total. The first-order chi connectivity index (χ1) is 12.3. The largest absolute Gasteiger partial charge is 0.381 e. The monoisotopic (exact) mass is 338 g/mol. The van der Waals surface area contributed by atoms with Gasteiger partial charge in [0.05, 0.1) is 6.61 Å². The second kappa shape index (κ2) is 7.19. The van der Waals surface area contributed by atoms with Gasteiger partial charge in [0.25, 0.3) is 5.91 Å². The normalized spacial score (nSPS) is 19.6. The second-order valence-electron chi connectivity index (χ2n) is 6.71. The second-order valence-corrected chi connectivity index (χ2v) is 6.71. The Morgan fingerprint density at radius 3 is 2.60 bits per heavy atom. The Labute approximate surface area is 147 Å². The molecule has 1 aliphatic carbocycles. The fourth-order valence-electron chi connectivity index (χ4n) is 3.14. The molecule has 2 heterocycles. The number of nitrogens with one attached hydrogen (secondary N) is 1. The molecule has 0 spiro atoms. The van der Waals surface area contributed by atoms with Crippen molar-refractivity contribution in [3.8, 4) is 0 Å². The third-order valence-electron chi connectivity index (χ3n) is 4.68. The molecule has 2 aromatic rings. The van der Waals surface area contributed by atoms with Gasteiger partial charge in [-0.2, -0.15) is 0 Å². The van der Waals surface area contributed by atoms with E-state index in [1.54, 1.807) is 6.07 Å². The van der Waals surface area contributed by atoms with Crippen LogP contribution in [0.15, 0.2) is 42.5 Å². The van der Waals surface area contributed by atoms with Crippen LogP contribution in [0.25, 0.3) is 0 Å². The highest BCUT2D eigenvalue weighted by Gasteiger charge is 2.32. The summed E-state index contributed by atoms with van der Waals surface area (Å²) >= 11 is 0. The number of hydrogen-bond acceptors (Lipinski definition) is 5. The lowest BCUT2D eigenvalue weighted by molar-refractivity contribution is 0.102. The van der Waals surface area contributed by atoms with Gasteiger partial charge in [-0.15, -0.1) is 10.2 Å². The SMILES string of the molecule is O=C(Nc1ccccc1)c1ccc(N(CC2CCOC2)C2CC2)nn1. The summed E-state index contributed by atoms with van der Waals surface area (Å²) in [5, 5.41) is 11.3. The first kappa shape index (κ1) is 16.0. The van der Waals surface area contributed by atoms with Crippen molar-refractivity contribution in [2.45, 2.75) is 25.3 Å². The summed E-state index contributed by atoms with van der Waals surface area (Å²) < 4.78 is 5.49. The number of hydrogen-bond donors (Lipinski definition) is 1. The third-order valence-corrected chi connectivity index (χ3v) is 4.68. The molecule has 6 heteroatoms.